The van der Waals surface area contributed by atoms with Crippen molar-refractivity contribution in [2.24, 2.45) is 0 Å². The molecule has 0 radical (unpaired) electrons. The van der Waals surface area contributed by atoms with Crippen molar-refractivity contribution in [3.05, 3.63) is 53.6 Å². The Labute approximate surface area is 176 Å². The molecule has 0 saturated carbocycles. The van der Waals surface area contributed by atoms with E-state index in [4.69, 9.17) is 10.5 Å². The SMILES string of the molecule is Nc1cc(C(=O)OCC(=O)NCc2ccc(N3CCCC3=O)cc2)ccc1OC(F)F. The number of halogens is 2. The topological polar surface area (TPSA) is 111 Å². The summed E-state index contributed by atoms with van der Waals surface area (Å²) in [6.45, 7) is -2.64. The Bertz CT molecular complexity index is 966. The van der Waals surface area contributed by atoms with Crippen molar-refractivity contribution in [3.63, 3.8) is 0 Å². The lowest BCUT2D eigenvalue weighted by Crippen LogP contribution is -2.28. The second-order valence-electron chi connectivity index (χ2n) is 6.80. The van der Waals surface area contributed by atoms with E-state index < -0.39 is 25.1 Å². The Balaban J connectivity index is 1.45. The molecule has 1 aliphatic rings. The Morgan fingerprint density at radius 3 is 2.52 bits per heavy atom. The zero-order chi connectivity index (χ0) is 22.4. The van der Waals surface area contributed by atoms with E-state index in [-0.39, 0.29) is 29.5 Å². The number of nitrogens with zero attached hydrogens (tertiary/aromatic N) is 1. The van der Waals surface area contributed by atoms with E-state index in [1.807, 2.05) is 12.1 Å². The Morgan fingerprint density at radius 2 is 1.90 bits per heavy atom. The van der Waals surface area contributed by atoms with Crippen LogP contribution < -0.4 is 20.7 Å². The van der Waals surface area contributed by atoms with Crippen LogP contribution in [-0.4, -0.2) is 37.5 Å². The maximum Gasteiger partial charge on any atom is 0.387 e. The van der Waals surface area contributed by atoms with Crippen LogP contribution >= 0.6 is 0 Å². The van der Waals surface area contributed by atoms with Gasteiger partial charge in [-0.2, -0.15) is 8.78 Å². The summed E-state index contributed by atoms with van der Waals surface area (Å²) >= 11 is 0. The monoisotopic (exact) mass is 433 g/mol. The minimum atomic E-state index is -3.04. The molecular formula is C21H21F2N3O5. The quantitative estimate of drug-likeness (QED) is 0.489. The van der Waals surface area contributed by atoms with E-state index in [0.29, 0.717) is 13.0 Å². The van der Waals surface area contributed by atoms with Crippen molar-refractivity contribution >= 4 is 29.2 Å². The molecule has 164 valence electrons. The van der Waals surface area contributed by atoms with Crippen molar-refractivity contribution in [2.75, 3.05) is 23.8 Å². The maximum absolute atomic E-state index is 12.2. The molecule has 0 unspecified atom stereocenters. The van der Waals surface area contributed by atoms with E-state index in [0.717, 1.165) is 29.8 Å². The number of nitrogens with two attached hydrogens (primary N) is 1. The molecule has 0 aliphatic carbocycles. The molecule has 1 heterocycles. The number of anilines is 2. The second kappa shape index (κ2) is 9.88. The van der Waals surface area contributed by atoms with Crippen molar-refractivity contribution in [2.45, 2.75) is 26.0 Å². The van der Waals surface area contributed by atoms with Gasteiger partial charge in [-0.25, -0.2) is 4.79 Å². The zero-order valence-corrected chi connectivity index (χ0v) is 16.5. The van der Waals surface area contributed by atoms with Gasteiger partial charge < -0.3 is 25.4 Å². The van der Waals surface area contributed by atoms with Crippen LogP contribution in [0.4, 0.5) is 20.2 Å². The number of carbonyl (C=O) groups excluding carboxylic acids is 3. The summed E-state index contributed by atoms with van der Waals surface area (Å²) in [5.74, 6) is -1.51. The van der Waals surface area contributed by atoms with Gasteiger partial charge in [-0.15, -0.1) is 0 Å². The highest BCUT2D eigenvalue weighted by Crippen LogP contribution is 2.25. The molecule has 0 spiro atoms. The molecular weight excluding hydrogens is 412 g/mol. The normalized spacial score (nSPS) is 13.4. The summed E-state index contributed by atoms with van der Waals surface area (Å²) < 4.78 is 33.6. The zero-order valence-electron chi connectivity index (χ0n) is 16.5. The number of nitrogen functional groups attached to an aromatic ring is 1. The largest absolute Gasteiger partial charge is 0.452 e. The van der Waals surface area contributed by atoms with Crippen LogP contribution in [0.5, 0.6) is 5.75 Å². The molecule has 2 aromatic rings. The van der Waals surface area contributed by atoms with Gasteiger partial charge in [0.1, 0.15) is 5.75 Å². The molecule has 2 aromatic carbocycles. The first-order chi connectivity index (χ1) is 14.8. The third kappa shape index (κ3) is 5.91. The van der Waals surface area contributed by atoms with E-state index in [9.17, 15) is 23.2 Å². The molecule has 3 N–H and O–H groups in total. The number of hydrogen-bond acceptors (Lipinski definition) is 6. The summed E-state index contributed by atoms with van der Waals surface area (Å²) in [5.41, 5.74) is 7.04. The second-order valence-corrected chi connectivity index (χ2v) is 6.80. The van der Waals surface area contributed by atoms with Crippen LogP contribution in [0.3, 0.4) is 0 Å². The van der Waals surface area contributed by atoms with Crippen molar-refractivity contribution in [1.82, 2.24) is 5.32 Å². The van der Waals surface area contributed by atoms with E-state index in [1.165, 1.54) is 6.07 Å². The lowest BCUT2D eigenvalue weighted by Gasteiger charge is -2.16. The van der Waals surface area contributed by atoms with Gasteiger partial charge in [0, 0.05) is 25.2 Å². The fraction of sp³-hybridized carbons (Fsp3) is 0.286. The minimum absolute atomic E-state index is 0.000958. The fourth-order valence-electron chi connectivity index (χ4n) is 3.06. The number of esters is 1. The number of nitrogens with one attached hydrogen (secondary N) is 1. The smallest absolute Gasteiger partial charge is 0.387 e. The predicted molar refractivity (Wildman–Crippen MR) is 108 cm³/mol. The number of carbonyl (C=O) groups is 3. The Hall–Kier alpha value is -3.69. The summed E-state index contributed by atoms with van der Waals surface area (Å²) in [6, 6.07) is 10.7. The summed E-state index contributed by atoms with van der Waals surface area (Å²) in [5, 5.41) is 2.62. The fourth-order valence-corrected chi connectivity index (χ4v) is 3.06. The minimum Gasteiger partial charge on any atom is -0.452 e. The summed E-state index contributed by atoms with van der Waals surface area (Å²) in [4.78, 5) is 37.5. The van der Waals surface area contributed by atoms with Gasteiger partial charge >= 0.3 is 12.6 Å². The maximum atomic E-state index is 12.2. The molecule has 10 heteroatoms. The number of amides is 2. The van der Waals surface area contributed by atoms with Gasteiger partial charge in [-0.3, -0.25) is 9.59 Å². The van der Waals surface area contributed by atoms with Crippen LogP contribution in [0.25, 0.3) is 0 Å². The third-order valence-electron chi connectivity index (χ3n) is 4.61. The molecule has 0 atom stereocenters. The number of ether oxygens (including phenoxy) is 2. The molecule has 1 saturated heterocycles. The first kappa shape index (κ1) is 22.0. The van der Waals surface area contributed by atoms with Gasteiger partial charge in [-0.1, -0.05) is 12.1 Å². The number of rotatable bonds is 8. The van der Waals surface area contributed by atoms with Gasteiger partial charge in [-0.05, 0) is 42.3 Å². The molecule has 1 aliphatic heterocycles. The molecule has 1 fully saturated rings. The number of benzene rings is 2. The Kier molecular flexibility index (Phi) is 7.01. The highest BCUT2D eigenvalue weighted by Gasteiger charge is 2.21. The average Bonchev–Trinajstić information content (AvgIpc) is 3.18. The van der Waals surface area contributed by atoms with Gasteiger partial charge in [0.25, 0.3) is 5.91 Å². The molecule has 8 nitrogen and oxygen atoms in total. The van der Waals surface area contributed by atoms with E-state index in [2.05, 4.69) is 10.1 Å². The van der Waals surface area contributed by atoms with Crippen molar-refractivity contribution in [1.29, 1.82) is 0 Å². The van der Waals surface area contributed by atoms with Crippen LogP contribution in [0.1, 0.15) is 28.8 Å². The van der Waals surface area contributed by atoms with E-state index >= 15 is 0 Å². The predicted octanol–water partition coefficient (Wildman–Crippen LogP) is 2.47. The van der Waals surface area contributed by atoms with Gasteiger partial charge in [0.05, 0.1) is 11.3 Å². The lowest BCUT2D eigenvalue weighted by molar-refractivity contribution is -0.124. The standard InChI is InChI=1S/C21H21F2N3O5/c22-21(23)31-17-8-5-14(10-16(17)24)20(29)30-12-18(27)25-11-13-3-6-15(7-4-13)26-9-1-2-19(26)28/h3-8,10,21H,1-2,9,11-12,24H2,(H,25,27). The average molecular weight is 433 g/mol. The highest BCUT2D eigenvalue weighted by atomic mass is 19.3. The lowest BCUT2D eigenvalue weighted by atomic mass is 10.2. The van der Waals surface area contributed by atoms with Crippen LogP contribution in [0, 0.1) is 0 Å². The number of hydrogen-bond donors (Lipinski definition) is 2. The van der Waals surface area contributed by atoms with Gasteiger partial charge in [0.2, 0.25) is 5.91 Å². The van der Waals surface area contributed by atoms with Crippen molar-refractivity contribution in [3.8, 4) is 5.75 Å². The summed E-state index contributed by atoms with van der Waals surface area (Å²) in [7, 11) is 0. The van der Waals surface area contributed by atoms with Crippen molar-refractivity contribution < 1.29 is 32.6 Å². The molecule has 0 bridgehead atoms. The number of alkyl halides is 2. The Morgan fingerprint density at radius 1 is 1.16 bits per heavy atom. The summed E-state index contributed by atoms with van der Waals surface area (Å²) in [6.07, 6.45) is 1.40. The third-order valence-corrected chi connectivity index (χ3v) is 4.61. The first-order valence-corrected chi connectivity index (χ1v) is 9.51. The van der Waals surface area contributed by atoms with Crippen LogP contribution in [0.15, 0.2) is 42.5 Å². The van der Waals surface area contributed by atoms with E-state index in [1.54, 1.807) is 17.0 Å². The highest BCUT2D eigenvalue weighted by molar-refractivity contribution is 5.95. The first-order valence-electron chi connectivity index (χ1n) is 9.51. The van der Waals surface area contributed by atoms with Crippen LogP contribution in [-0.2, 0) is 20.9 Å². The molecule has 31 heavy (non-hydrogen) atoms. The molecule has 0 aromatic heterocycles. The molecule has 2 amide bonds. The van der Waals surface area contributed by atoms with Crippen LogP contribution in [0.2, 0.25) is 0 Å². The van der Waals surface area contributed by atoms with Gasteiger partial charge in [0.15, 0.2) is 6.61 Å². The molecule has 3 rings (SSSR count).